The molecule has 2 aromatic rings. The molecule has 0 atom stereocenters. The molecule has 208 valence electrons. The maximum absolute atomic E-state index is 5.56. The summed E-state index contributed by atoms with van der Waals surface area (Å²) in [7, 11) is 3.48. The van der Waals surface area contributed by atoms with E-state index in [0.717, 1.165) is 37.4 Å². The molecule has 2 aliphatic rings. The lowest BCUT2D eigenvalue weighted by molar-refractivity contribution is -0.438. The SMILES string of the molecule is CCCCN1/C(=C/C=C/C=C/C2=[N+](CCCC)c3ccc(OC)cc3C2(C)C)C(C)(C)c2cc(OC)ccc21. The molecule has 0 radical (unpaired) electrons. The predicted molar refractivity (Wildman–Crippen MR) is 165 cm³/mol. The number of benzene rings is 2. The summed E-state index contributed by atoms with van der Waals surface area (Å²) in [5.74, 6) is 1.83. The Balaban J connectivity index is 1.64. The lowest BCUT2D eigenvalue weighted by Gasteiger charge is -2.26. The molecule has 0 amide bonds. The molecule has 2 aliphatic heterocycles. The minimum absolute atomic E-state index is 0.0918. The highest BCUT2D eigenvalue weighted by molar-refractivity contribution is 6.03. The molecular formula is C35H47N2O2+. The van der Waals surface area contributed by atoms with Crippen LogP contribution in [0.25, 0.3) is 0 Å². The highest BCUT2D eigenvalue weighted by Crippen LogP contribution is 2.49. The molecule has 0 unspecified atom stereocenters. The number of rotatable bonds is 11. The second kappa shape index (κ2) is 11.9. The molecule has 2 aromatic carbocycles. The van der Waals surface area contributed by atoms with Crippen molar-refractivity contribution in [3.8, 4) is 11.5 Å². The van der Waals surface area contributed by atoms with Gasteiger partial charge in [0, 0.05) is 47.5 Å². The Morgan fingerprint density at radius 3 is 2.13 bits per heavy atom. The fourth-order valence-electron chi connectivity index (χ4n) is 6.03. The van der Waals surface area contributed by atoms with E-state index >= 15 is 0 Å². The standard InChI is InChI=1S/C35H47N2O2/c1-9-11-22-36-30-20-18-26(38-7)24-28(30)34(3,4)32(36)16-14-13-15-17-33-35(5,6)29-25-27(39-8)19-21-31(29)37(33)23-12-10-2/h13-21,24-25H,9-12,22-23H2,1-8H3/q+1. The number of fused-ring (bicyclic) bond motifs is 2. The topological polar surface area (TPSA) is 24.7 Å². The van der Waals surface area contributed by atoms with Crippen LogP contribution in [0.1, 0.15) is 78.4 Å². The first-order chi connectivity index (χ1) is 18.7. The molecule has 0 bridgehead atoms. The second-order valence-corrected chi connectivity index (χ2v) is 11.7. The zero-order chi connectivity index (χ0) is 28.2. The molecule has 0 saturated heterocycles. The van der Waals surface area contributed by atoms with Crippen LogP contribution >= 0.6 is 0 Å². The van der Waals surface area contributed by atoms with Gasteiger partial charge in [0.05, 0.1) is 19.6 Å². The van der Waals surface area contributed by atoms with Crippen LogP contribution in [0.5, 0.6) is 11.5 Å². The average Bonchev–Trinajstić information content (AvgIpc) is 3.27. The van der Waals surface area contributed by atoms with Crippen molar-refractivity contribution in [3.05, 3.63) is 83.6 Å². The van der Waals surface area contributed by atoms with Crippen LogP contribution in [0, 0.1) is 0 Å². The largest absolute Gasteiger partial charge is 0.497 e. The molecular weight excluding hydrogens is 480 g/mol. The van der Waals surface area contributed by atoms with Gasteiger partial charge in [-0.2, -0.15) is 4.58 Å². The van der Waals surface area contributed by atoms with Gasteiger partial charge >= 0.3 is 0 Å². The highest BCUT2D eigenvalue weighted by Gasteiger charge is 2.44. The molecule has 4 nitrogen and oxygen atoms in total. The Hall–Kier alpha value is -3.27. The zero-order valence-electron chi connectivity index (χ0n) is 25.3. The Kier molecular flexibility index (Phi) is 8.73. The van der Waals surface area contributed by atoms with Crippen molar-refractivity contribution in [2.45, 2.75) is 78.1 Å². The smallest absolute Gasteiger partial charge is 0.210 e. The number of unbranched alkanes of at least 4 members (excludes halogenated alkanes) is 2. The maximum atomic E-state index is 5.56. The van der Waals surface area contributed by atoms with E-state index in [1.54, 1.807) is 14.2 Å². The molecule has 2 heterocycles. The highest BCUT2D eigenvalue weighted by atomic mass is 16.5. The summed E-state index contributed by atoms with van der Waals surface area (Å²) in [6.07, 6.45) is 15.8. The van der Waals surface area contributed by atoms with Crippen molar-refractivity contribution >= 4 is 17.1 Å². The first-order valence-electron chi connectivity index (χ1n) is 14.6. The first-order valence-corrected chi connectivity index (χ1v) is 14.6. The van der Waals surface area contributed by atoms with Crippen molar-refractivity contribution in [1.82, 2.24) is 0 Å². The van der Waals surface area contributed by atoms with E-state index < -0.39 is 0 Å². The zero-order valence-corrected chi connectivity index (χ0v) is 25.3. The summed E-state index contributed by atoms with van der Waals surface area (Å²) in [4.78, 5) is 2.50. The number of methoxy groups -OCH3 is 2. The predicted octanol–water partition coefficient (Wildman–Crippen LogP) is 8.47. The van der Waals surface area contributed by atoms with Gasteiger partial charge in [-0.1, -0.05) is 58.8 Å². The molecule has 0 saturated carbocycles. The maximum Gasteiger partial charge on any atom is 0.210 e. The number of nitrogens with zero attached hydrogens (tertiary/aromatic N) is 2. The minimum Gasteiger partial charge on any atom is -0.497 e. The van der Waals surface area contributed by atoms with Gasteiger partial charge in [0.15, 0.2) is 5.71 Å². The van der Waals surface area contributed by atoms with Crippen LogP contribution < -0.4 is 14.4 Å². The lowest BCUT2D eigenvalue weighted by Crippen LogP contribution is -2.27. The van der Waals surface area contributed by atoms with Gasteiger partial charge < -0.3 is 14.4 Å². The van der Waals surface area contributed by atoms with E-state index in [2.05, 4.69) is 118 Å². The Morgan fingerprint density at radius 2 is 1.46 bits per heavy atom. The third-order valence-corrected chi connectivity index (χ3v) is 8.40. The molecule has 0 fully saturated rings. The normalized spacial score (nSPS) is 18.5. The second-order valence-electron chi connectivity index (χ2n) is 11.7. The fourth-order valence-corrected chi connectivity index (χ4v) is 6.03. The number of ether oxygens (including phenoxy) is 2. The van der Waals surface area contributed by atoms with E-state index in [1.165, 1.54) is 46.8 Å². The molecule has 4 heteroatoms. The number of hydrogen-bond acceptors (Lipinski definition) is 3. The van der Waals surface area contributed by atoms with Crippen LogP contribution in [0.2, 0.25) is 0 Å². The summed E-state index contributed by atoms with van der Waals surface area (Å²) in [5, 5.41) is 0. The monoisotopic (exact) mass is 527 g/mol. The summed E-state index contributed by atoms with van der Waals surface area (Å²) in [6.45, 7) is 15.8. The van der Waals surface area contributed by atoms with E-state index in [1.807, 2.05) is 0 Å². The van der Waals surface area contributed by atoms with Gasteiger partial charge in [0.1, 0.15) is 18.0 Å². The summed E-state index contributed by atoms with van der Waals surface area (Å²) < 4.78 is 13.6. The molecule has 0 N–H and O–H groups in total. The van der Waals surface area contributed by atoms with Crippen molar-refractivity contribution < 1.29 is 14.0 Å². The third kappa shape index (κ3) is 5.44. The molecule has 4 rings (SSSR count). The Labute approximate surface area is 236 Å². The van der Waals surface area contributed by atoms with Gasteiger partial charge in [-0.15, -0.1) is 0 Å². The first kappa shape index (κ1) is 28.7. The van der Waals surface area contributed by atoms with E-state index in [9.17, 15) is 0 Å². The molecule has 0 aromatic heterocycles. The summed E-state index contributed by atoms with van der Waals surface area (Å²) >= 11 is 0. The van der Waals surface area contributed by atoms with E-state index in [0.29, 0.717) is 0 Å². The summed E-state index contributed by atoms with van der Waals surface area (Å²) in [6, 6.07) is 13.0. The van der Waals surface area contributed by atoms with Crippen LogP contribution in [-0.4, -0.2) is 37.6 Å². The van der Waals surface area contributed by atoms with Gasteiger partial charge in [0.25, 0.3) is 0 Å². The van der Waals surface area contributed by atoms with Crippen molar-refractivity contribution in [2.75, 3.05) is 32.2 Å². The Bertz CT molecular complexity index is 1310. The van der Waals surface area contributed by atoms with Crippen molar-refractivity contribution in [1.29, 1.82) is 0 Å². The van der Waals surface area contributed by atoms with Crippen LogP contribution in [-0.2, 0) is 10.8 Å². The fraction of sp³-hybridized carbons (Fsp3) is 0.457. The van der Waals surface area contributed by atoms with E-state index in [4.69, 9.17) is 9.47 Å². The molecule has 0 spiro atoms. The van der Waals surface area contributed by atoms with Gasteiger partial charge in [0.2, 0.25) is 5.69 Å². The van der Waals surface area contributed by atoms with Gasteiger partial charge in [-0.3, -0.25) is 0 Å². The van der Waals surface area contributed by atoms with Gasteiger partial charge in [-0.05, 0) is 62.2 Å². The lowest BCUT2D eigenvalue weighted by atomic mass is 9.81. The van der Waals surface area contributed by atoms with Gasteiger partial charge in [-0.25, -0.2) is 0 Å². The molecule has 0 aliphatic carbocycles. The Morgan fingerprint density at radius 1 is 0.795 bits per heavy atom. The minimum atomic E-state index is -0.0918. The number of hydrogen-bond donors (Lipinski definition) is 0. The third-order valence-electron chi connectivity index (χ3n) is 8.40. The quantitative estimate of drug-likeness (QED) is 0.216. The number of anilines is 1. The van der Waals surface area contributed by atoms with Crippen LogP contribution in [0.3, 0.4) is 0 Å². The van der Waals surface area contributed by atoms with Crippen molar-refractivity contribution in [2.24, 2.45) is 0 Å². The summed E-state index contributed by atoms with van der Waals surface area (Å²) in [5.41, 5.74) is 7.74. The van der Waals surface area contributed by atoms with E-state index in [-0.39, 0.29) is 10.8 Å². The number of allylic oxidation sites excluding steroid dienone is 6. The van der Waals surface area contributed by atoms with Crippen molar-refractivity contribution in [3.63, 3.8) is 0 Å². The van der Waals surface area contributed by atoms with Crippen LogP contribution in [0.15, 0.2) is 72.5 Å². The van der Waals surface area contributed by atoms with Crippen LogP contribution in [0.4, 0.5) is 11.4 Å². The average molecular weight is 528 g/mol. The molecule has 39 heavy (non-hydrogen) atoms.